The van der Waals surface area contributed by atoms with Gasteiger partial charge < -0.3 is 14.8 Å². The molecule has 0 radical (unpaired) electrons. The van der Waals surface area contributed by atoms with Crippen LogP contribution in [0.15, 0.2) is 61.1 Å². The topological polar surface area (TPSA) is 74.3 Å². The molecule has 0 amide bonds. The third-order valence-corrected chi connectivity index (χ3v) is 6.34. The van der Waals surface area contributed by atoms with Crippen molar-refractivity contribution in [1.29, 1.82) is 0 Å². The quantitative estimate of drug-likeness (QED) is 0.473. The zero-order valence-corrected chi connectivity index (χ0v) is 18.3. The largest absolute Gasteiger partial charge is 0.481 e. The zero-order chi connectivity index (χ0) is 21.9. The summed E-state index contributed by atoms with van der Waals surface area (Å²) in [5.41, 5.74) is 6.49. The summed E-state index contributed by atoms with van der Waals surface area (Å²) in [5.74, 6) is 1.02. The van der Waals surface area contributed by atoms with Crippen molar-refractivity contribution >= 4 is 11.0 Å². The number of methoxy groups -OCH3 is 1. The van der Waals surface area contributed by atoms with Crippen LogP contribution in [0.1, 0.15) is 18.4 Å². The molecule has 2 N–H and O–H groups in total. The fourth-order valence-corrected chi connectivity index (χ4v) is 4.57. The number of hydrogen-bond donors (Lipinski definition) is 2. The van der Waals surface area contributed by atoms with Gasteiger partial charge in [0.2, 0.25) is 5.88 Å². The zero-order valence-electron chi connectivity index (χ0n) is 18.3. The van der Waals surface area contributed by atoms with Gasteiger partial charge in [0.25, 0.3) is 0 Å². The molecule has 1 unspecified atom stereocenters. The van der Waals surface area contributed by atoms with Gasteiger partial charge in [0.05, 0.1) is 7.11 Å². The number of likely N-dealkylation sites (tertiary alicyclic amines) is 1. The molecule has 0 saturated carbocycles. The fourth-order valence-electron chi connectivity index (χ4n) is 4.57. The van der Waals surface area contributed by atoms with Gasteiger partial charge in [0.1, 0.15) is 5.65 Å². The molecule has 4 heterocycles. The first kappa shape index (κ1) is 20.7. The Morgan fingerprint density at radius 1 is 1.06 bits per heavy atom. The summed E-state index contributed by atoms with van der Waals surface area (Å²) >= 11 is 0. The lowest BCUT2D eigenvalue weighted by Crippen LogP contribution is -2.36. The molecule has 0 aliphatic carbocycles. The maximum absolute atomic E-state index is 9.47. The molecule has 1 aliphatic rings. The van der Waals surface area contributed by atoms with E-state index in [0.717, 1.165) is 65.8 Å². The van der Waals surface area contributed by atoms with E-state index in [-0.39, 0.29) is 0 Å². The third-order valence-electron chi connectivity index (χ3n) is 6.34. The van der Waals surface area contributed by atoms with Gasteiger partial charge in [-0.1, -0.05) is 24.3 Å². The van der Waals surface area contributed by atoms with Gasteiger partial charge in [-0.15, -0.1) is 0 Å². The lowest BCUT2D eigenvalue weighted by Gasteiger charge is -2.31. The number of aromatic nitrogens is 3. The minimum atomic E-state index is 0.290. The van der Waals surface area contributed by atoms with Crippen LogP contribution in [0.2, 0.25) is 0 Å². The van der Waals surface area contributed by atoms with Crippen LogP contribution in [0, 0.1) is 5.92 Å². The van der Waals surface area contributed by atoms with Crippen LogP contribution in [-0.2, 0) is 6.54 Å². The Balaban J connectivity index is 1.37. The molecule has 6 heteroatoms. The van der Waals surface area contributed by atoms with Gasteiger partial charge in [-0.05, 0) is 48.6 Å². The second-order valence-electron chi connectivity index (χ2n) is 8.53. The summed E-state index contributed by atoms with van der Waals surface area (Å²) in [5, 5.41) is 10.5. The maximum Gasteiger partial charge on any atom is 0.212 e. The molecule has 6 nitrogen and oxygen atoms in total. The maximum atomic E-state index is 9.47. The molecule has 32 heavy (non-hydrogen) atoms. The van der Waals surface area contributed by atoms with Crippen molar-refractivity contribution in [2.75, 3.05) is 26.8 Å². The highest BCUT2D eigenvalue weighted by atomic mass is 16.5. The number of nitrogens with zero attached hydrogens (tertiary/aromatic N) is 3. The van der Waals surface area contributed by atoms with Crippen molar-refractivity contribution in [3.63, 3.8) is 0 Å². The average molecular weight is 429 g/mol. The van der Waals surface area contributed by atoms with Gasteiger partial charge in [-0.25, -0.2) is 9.97 Å². The average Bonchev–Trinajstić information content (AvgIpc) is 3.28. The van der Waals surface area contributed by atoms with Crippen LogP contribution in [0.5, 0.6) is 5.88 Å². The van der Waals surface area contributed by atoms with E-state index in [9.17, 15) is 5.11 Å². The highest BCUT2D eigenvalue weighted by Gasteiger charge is 2.19. The van der Waals surface area contributed by atoms with Crippen LogP contribution in [0.25, 0.3) is 33.3 Å². The van der Waals surface area contributed by atoms with Crippen LogP contribution in [0.3, 0.4) is 0 Å². The van der Waals surface area contributed by atoms with Crippen LogP contribution in [-0.4, -0.2) is 51.8 Å². The molecule has 1 atom stereocenters. The first-order valence-corrected chi connectivity index (χ1v) is 11.1. The predicted octanol–water partition coefficient (Wildman–Crippen LogP) is 4.50. The molecule has 164 valence electrons. The molecule has 0 spiro atoms. The lowest BCUT2D eigenvalue weighted by atomic mass is 9.98. The Kier molecular flexibility index (Phi) is 5.88. The van der Waals surface area contributed by atoms with Crippen LogP contribution < -0.4 is 4.74 Å². The second-order valence-corrected chi connectivity index (χ2v) is 8.53. The normalized spacial score (nSPS) is 17.0. The molecule has 1 fully saturated rings. The third kappa shape index (κ3) is 4.24. The van der Waals surface area contributed by atoms with Crippen molar-refractivity contribution in [1.82, 2.24) is 19.9 Å². The van der Waals surface area contributed by atoms with Gasteiger partial charge in [0, 0.05) is 66.4 Å². The molecule has 5 rings (SSSR count). The predicted molar refractivity (Wildman–Crippen MR) is 126 cm³/mol. The molecule has 1 aromatic carbocycles. The molecule has 3 aromatic heterocycles. The lowest BCUT2D eigenvalue weighted by molar-refractivity contribution is 0.116. The number of aliphatic hydroxyl groups excluding tert-OH is 1. The Morgan fingerprint density at radius 2 is 1.88 bits per heavy atom. The van der Waals surface area contributed by atoms with Gasteiger partial charge in [-0.2, -0.15) is 0 Å². The molecular formula is C26H28N4O2. The van der Waals surface area contributed by atoms with E-state index in [4.69, 9.17) is 4.74 Å². The number of aliphatic hydroxyl groups is 1. The summed E-state index contributed by atoms with van der Waals surface area (Å²) in [4.78, 5) is 14.7. The summed E-state index contributed by atoms with van der Waals surface area (Å²) in [6, 6.07) is 14.8. The Labute approximate surface area is 187 Å². The monoisotopic (exact) mass is 428 g/mol. The van der Waals surface area contributed by atoms with E-state index < -0.39 is 0 Å². The number of benzene rings is 1. The van der Waals surface area contributed by atoms with Gasteiger partial charge in [-0.3, -0.25) is 4.90 Å². The number of nitrogens with one attached hydrogen (secondary N) is 1. The minimum absolute atomic E-state index is 0.290. The SMILES string of the molecule is COc1ccc(-c2c[nH]c3ncc(-c4ccc(CN5CCCC(CO)C5)cc4)cc23)cn1. The number of fused-ring (bicyclic) bond motifs is 1. The Hall–Kier alpha value is -3.22. The second kappa shape index (κ2) is 9.10. The number of hydrogen-bond acceptors (Lipinski definition) is 5. The van der Waals surface area contributed by atoms with Crippen molar-refractivity contribution in [2.45, 2.75) is 19.4 Å². The minimum Gasteiger partial charge on any atom is -0.481 e. The van der Waals surface area contributed by atoms with Crippen molar-refractivity contribution < 1.29 is 9.84 Å². The highest BCUT2D eigenvalue weighted by molar-refractivity contribution is 5.95. The highest BCUT2D eigenvalue weighted by Crippen LogP contribution is 2.31. The van der Waals surface area contributed by atoms with E-state index >= 15 is 0 Å². The Bertz CT molecular complexity index is 1180. The Morgan fingerprint density at radius 3 is 2.62 bits per heavy atom. The molecular weight excluding hydrogens is 400 g/mol. The molecule has 4 aromatic rings. The van der Waals surface area contributed by atoms with E-state index in [1.165, 1.54) is 5.56 Å². The number of ether oxygens (including phenoxy) is 1. The van der Waals surface area contributed by atoms with E-state index in [2.05, 4.69) is 50.2 Å². The van der Waals surface area contributed by atoms with Crippen LogP contribution >= 0.6 is 0 Å². The number of rotatable bonds is 6. The number of piperidine rings is 1. The summed E-state index contributed by atoms with van der Waals surface area (Å²) < 4.78 is 5.17. The molecule has 1 saturated heterocycles. The summed E-state index contributed by atoms with van der Waals surface area (Å²) in [7, 11) is 1.62. The van der Waals surface area contributed by atoms with Crippen molar-refractivity contribution in [3.05, 3.63) is 66.6 Å². The standard InChI is InChI=1S/C26H28N4O2/c1-32-25-9-8-21(12-27-25)24-14-29-26-23(24)11-22(13-28-26)20-6-4-18(5-7-20)15-30-10-2-3-19(16-30)17-31/h4-9,11-14,19,31H,2-3,10,15-17H2,1H3,(H,28,29). The van der Waals surface area contributed by atoms with E-state index in [1.807, 2.05) is 30.7 Å². The van der Waals surface area contributed by atoms with Gasteiger partial charge in [0.15, 0.2) is 0 Å². The first-order chi connectivity index (χ1) is 15.7. The summed E-state index contributed by atoms with van der Waals surface area (Å²) in [6.07, 6.45) is 8.02. The summed E-state index contributed by atoms with van der Waals surface area (Å²) in [6.45, 7) is 3.31. The number of pyridine rings is 2. The molecule has 0 bridgehead atoms. The van der Waals surface area contributed by atoms with Crippen molar-refractivity contribution in [2.24, 2.45) is 5.92 Å². The van der Waals surface area contributed by atoms with E-state index in [1.54, 1.807) is 7.11 Å². The number of H-pyrrole nitrogens is 1. The fraction of sp³-hybridized carbons (Fsp3) is 0.308. The number of aromatic amines is 1. The van der Waals surface area contributed by atoms with E-state index in [0.29, 0.717) is 18.4 Å². The molecule has 1 aliphatic heterocycles. The van der Waals surface area contributed by atoms with Crippen molar-refractivity contribution in [3.8, 4) is 28.1 Å². The smallest absolute Gasteiger partial charge is 0.212 e. The van der Waals surface area contributed by atoms with Gasteiger partial charge >= 0.3 is 0 Å². The first-order valence-electron chi connectivity index (χ1n) is 11.1. The van der Waals surface area contributed by atoms with Crippen LogP contribution in [0.4, 0.5) is 0 Å².